The molecule has 0 spiro atoms. The van der Waals surface area contributed by atoms with Crippen molar-refractivity contribution in [1.29, 1.82) is 0 Å². The summed E-state index contributed by atoms with van der Waals surface area (Å²) in [5.74, 6) is 2.13. The maximum Gasteiger partial charge on any atom is 0.144 e. The first-order valence-corrected chi connectivity index (χ1v) is 8.31. The SMILES string of the molecule is COc1cccc(Oc2ccc(Nc3ncnc4cccc(F)c34)cc2)c1. The van der Waals surface area contributed by atoms with Crippen LogP contribution in [0.4, 0.5) is 15.9 Å². The summed E-state index contributed by atoms with van der Waals surface area (Å²) >= 11 is 0. The quantitative estimate of drug-likeness (QED) is 0.522. The summed E-state index contributed by atoms with van der Waals surface area (Å²) in [6.45, 7) is 0. The van der Waals surface area contributed by atoms with E-state index in [1.54, 1.807) is 19.2 Å². The molecule has 1 heterocycles. The Morgan fingerprint density at radius 3 is 2.44 bits per heavy atom. The van der Waals surface area contributed by atoms with Crippen LogP contribution >= 0.6 is 0 Å². The molecule has 0 bridgehead atoms. The molecule has 0 aliphatic heterocycles. The molecule has 4 rings (SSSR count). The van der Waals surface area contributed by atoms with Gasteiger partial charge in [0.05, 0.1) is 18.0 Å². The van der Waals surface area contributed by atoms with Gasteiger partial charge in [-0.05, 0) is 48.5 Å². The second-order valence-electron chi connectivity index (χ2n) is 5.79. The Labute approximate surface area is 155 Å². The maximum absolute atomic E-state index is 14.2. The fourth-order valence-electron chi connectivity index (χ4n) is 2.71. The van der Waals surface area contributed by atoms with Crippen LogP contribution in [-0.4, -0.2) is 17.1 Å². The van der Waals surface area contributed by atoms with Crippen molar-refractivity contribution in [2.24, 2.45) is 0 Å². The van der Waals surface area contributed by atoms with Gasteiger partial charge in [-0.3, -0.25) is 0 Å². The highest BCUT2D eigenvalue weighted by Crippen LogP contribution is 2.28. The molecule has 0 radical (unpaired) electrons. The first kappa shape index (κ1) is 16.8. The number of hydrogen-bond acceptors (Lipinski definition) is 5. The lowest BCUT2D eigenvalue weighted by molar-refractivity contribution is 0.409. The highest BCUT2D eigenvalue weighted by atomic mass is 19.1. The van der Waals surface area contributed by atoms with Crippen LogP contribution in [0.25, 0.3) is 10.9 Å². The van der Waals surface area contributed by atoms with E-state index in [-0.39, 0.29) is 5.82 Å². The Hall–Kier alpha value is -3.67. The normalized spacial score (nSPS) is 10.6. The van der Waals surface area contributed by atoms with Crippen LogP contribution in [0.1, 0.15) is 0 Å². The van der Waals surface area contributed by atoms with Gasteiger partial charge in [-0.25, -0.2) is 14.4 Å². The van der Waals surface area contributed by atoms with Crippen LogP contribution in [-0.2, 0) is 0 Å². The van der Waals surface area contributed by atoms with Crippen molar-refractivity contribution in [2.75, 3.05) is 12.4 Å². The molecule has 0 amide bonds. The number of halogens is 1. The lowest BCUT2D eigenvalue weighted by atomic mass is 10.2. The van der Waals surface area contributed by atoms with Gasteiger partial charge in [0, 0.05) is 11.8 Å². The first-order valence-electron chi connectivity index (χ1n) is 8.31. The number of ether oxygens (including phenoxy) is 2. The van der Waals surface area contributed by atoms with Gasteiger partial charge in [-0.15, -0.1) is 0 Å². The van der Waals surface area contributed by atoms with Gasteiger partial charge in [-0.1, -0.05) is 12.1 Å². The second-order valence-corrected chi connectivity index (χ2v) is 5.79. The van der Waals surface area contributed by atoms with E-state index in [1.165, 1.54) is 12.4 Å². The monoisotopic (exact) mass is 361 g/mol. The van der Waals surface area contributed by atoms with Crippen molar-refractivity contribution in [3.05, 3.63) is 78.9 Å². The highest BCUT2D eigenvalue weighted by molar-refractivity contribution is 5.91. The Kier molecular flexibility index (Phi) is 4.53. The van der Waals surface area contributed by atoms with Gasteiger partial charge < -0.3 is 14.8 Å². The van der Waals surface area contributed by atoms with Gasteiger partial charge in [-0.2, -0.15) is 0 Å². The number of nitrogens with one attached hydrogen (secondary N) is 1. The zero-order valence-corrected chi connectivity index (χ0v) is 14.5. The number of nitrogens with zero attached hydrogens (tertiary/aromatic N) is 2. The van der Waals surface area contributed by atoms with Gasteiger partial charge in [0.2, 0.25) is 0 Å². The molecule has 6 heteroatoms. The largest absolute Gasteiger partial charge is 0.497 e. The smallest absolute Gasteiger partial charge is 0.144 e. The summed E-state index contributed by atoms with van der Waals surface area (Å²) in [5, 5.41) is 3.49. The zero-order valence-electron chi connectivity index (χ0n) is 14.5. The molecule has 5 nitrogen and oxygen atoms in total. The van der Waals surface area contributed by atoms with Gasteiger partial charge in [0.1, 0.15) is 35.2 Å². The molecule has 3 aromatic carbocycles. The number of rotatable bonds is 5. The van der Waals surface area contributed by atoms with Crippen molar-refractivity contribution in [1.82, 2.24) is 9.97 Å². The van der Waals surface area contributed by atoms with E-state index < -0.39 is 0 Å². The van der Waals surface area contributed by atoms with E-state index in [9.17, 15) is 4.39 Å². The highest BCUT2D eigenvalue weighted by Gasteiger charge is 2.09. The number of aromatic nitrogens is 2. The number of benzene rings is 3. The molecule has 0 saturated carbocycles. The Balaban J connectivity index is 1.55. The molecule has 0 atom stereocenters. The van der Waals surface area contributed by atoms with E-state index >= 15 is 0 Å². The van der Waals surface area contributed by atoms with E-state index in [4.69, 9.17) is 9.47 Å². The van der Waals surface area contributed by atoms with E-state index in [0.29, 0.717) is 28.2 Å². The maximum atomic E-state index is 14.2. The average molecular weight is 361 g/mol. The van der Waals surface area contributed by atoms with Gasteiger partial charge in [0.25, 0.3) is 0 Å². The molecular weight excluding hydrogens is 345 g/mol. The Morgan fingerprint density at radius 2 is 1.63 bits per heavy atom. The van der Waals surface area contributed by atoms with Crippen molar-refractivity contribution < 1.29 is 13.9 Å². The second kappa shape index (κ2) is 7.29. The number of hydrogen-bond donors (Lipinski definition) is 1. The fraction of sp³-hybridized carbons (Fsp3) is 0.0476. The molecule has 0 aliphatic carbocycles. The van der Waals surface area contributed by atoms with Gasteiger partial charge in [0.15, 0.2) is 0 Å². The van der Waals surface area contributed by atoms with Crippen LogP contribution in [0.5, 0.6) is 17.2 Å². The minimum Gasteiger partial charge on any atom is -0.497 e. The van der Waals surface area contributed by atoms with Crippen LogP contribution in [0.2, 0.25) is 0 Å². The summed E-state index contributed by atoms with van der Waals surface area (Å²) in [5.41, 5.74) is 1.31. The van der Waals surface area contributed by atoms with Crippen molar-refractivity contribution >= 4 is 22.4 Å². The van der Waals surface area contributed by atoms with Crippen molar-refractivity contribution in [3.63, 3.8) is 0 Å². The fourth-order valence-corrected chi connectivity index (χ4v) is 2.71. The van der Waals surface area contributed by atoms with Crippen LogP contribution in [0, 0.1) is 5.82 Å². The molecule has 1 aromatic heterocycles. The Bertz CT molecular complexity index is 1080. The van der Waals surface area contributed by atoms with Gasteiger partial charge >= 0.3 is 0 Å². The third-order valence-electron chi connectivity index (χ3n) is 4.01. The molecule has 27 heavy (non-hydrogen) atoms. The van der Waals surface area contributed by atoms with Crippen LogP contribution in [0.3, 0.4) is 0 Å². The molecule has 4 aromatic rings. The lowest BCUT2D eigenvalue weighted by Gasteiger charge is -2.10. The molecule has 0 saturated heterocycles. The lowest BCUT2D eigenvalue weighted by Crippen LogP contribution is -1.97. The van der Waals surface area contributed by atoms with E-state index in [0.717, 1.165) is 11.4 Å². The Morgan fingerprint density at radius 1 is 0.852 bits per heavy atom. The number of anilines is 2. The molecular formula is C21H16FN3O2. The molecule has 0 unspecified atom stereocenters. The summed E-state index contributed by atoms with van der Waals surface area (Å²) in [6.07, 6.45) is 1.41. The topological polar surface area (TPSA) is 56.3 Å². The summed E-state index contributed by atoms with van der Waals surface area (Å²) in [7, 11) is 1.61. The van der Waals surface area contributed by atoms with E-state index in [2.05, 4.69) is 15.3 Å². The summed E-state index contributed by atoms with van der Waals surface area (Å²) in [4.78, 5) is 8.26. The van der Waals surface area contributed by atoms with Crippen LogP contribution in [0.15, 0.2) is 73.1 Å². The number of fused-ring (bicyclic) bond motifs is 1. The standard InChI is InChI=1S/C21H16FN3O2/c1-26-16-4-2-5-17(12-16)27-15-10-8-14(9-11-15)25-21-20-18(22)6-3-7-19(20)23-13-24-21/h2-13H,1H3,(H,23,24,25). The van der Waals surface area contributed by atoms with Crippen LogP contribution < -0.4 is 14.8 Å². The van der Waals surface area contributed by atoms with E-state index in [1.807, 2.05) is 48.5 Å². The predicted octanol–water partition coefficient (Wildman–Crippen LogP) is 5.31. The molecule has 134 valence electrons. The number of methoxy groups -OCH3 is 1. The predicted molar refractivity (Wildman–Crippen MR) is 102 cm³/mol. The summed E-state index contributed by atoms with van der Waals surface area (Å²) in [6, 6.07) is 19.4. The summed E-state index contributed by atoms with van der Waals surface area (Å²) < 4.78 is 25.2. The molecule has 0 aliphatic rings. The molecule has 1 N–H and O–H groups in total. The van der Waals surface area contributed by atoms with Crippen molar-refractivity contribution in [2.45, 2.75) is 0 Å². The third kappa shape index (κ3) is 3.64. The minimum atomic E-state index is -0.367. The first-order chi connectivity index (χ1) is 13.2. The third-order valence-corrected chi connectivity index (χ3v) is 4.01. The minimum absolute atomic E-state index is 0.358. The van der Waals surface area contributed by atoms with Crippen molar-refractivity contribution in [3.8, 4) is 17.2 Å². The zero-order chi connectivity index (χ0) is 18.6. The molecule has 0 fully saturated rings. The average Bonchev–Trinajstić information content (AvgIpc) is 2.70.